The molecule has 0 saturated carbocycles. The largest absolute Gasteiger partial charge is 0.488 e. The van der Waals surface area contributed by atoms with Crippen LogP contribution < -0.4 is 29.4 Å². The summed E-state index contributed by atoms with van der Waals surface area (Å²) in [6, 6.07) is 20.0. The third kappa shape index (κ3) is 18.5. The van der Waals surface area contributed by atoms with E-state index in [0.717, 1.165) is 20.8 Å². The summed E-state index contributed by atoms with van der Waals surface area (Å²) in [5.74, 6) is -5.84. The van der Waals surface area contributed by atoms with E-state index < -0.39 is 114 Å². The fourth-order valence-electron chi connectivity index (χ4n) is 6.61. The standard InChI is InChI=1S/C50H52N2O23/c1-30(53)65-25-70-37-12-14-39-44(20-37)75-43-19-36(58)11-13-38(43)50(39)35-10-15-41(52(23-48(61)73-28-68-33(4)56)24-49(62)74-29-69-34(5)57)45(18-35)64-17-16-63-42-9-7-6-8-40(42)51(21-46(59)71-26-66-31(2)54)22-47(60)72-27-67-32(3)55/h6-15,18-20,31,54H,16-17,21-29H2,1-5H3. The van der Waals surface area contributed by atoms with Crippen LogP contribution in [0.2, 0.25) is 0 Å². The van der Waals surface area contributed by atoms with Gasteiger partial charge >= 0.3 is 47.8 Å². The molecule has 0 spiro atoms. The Hall–Kier alpha value is -8.97. The highest BCUT2D eigenvalue weighted by Gasteiger charge is 2.26. The summed E-state index contributed by atoms with van der Waals surface area (Å²) in [4.78, 5) is 113. The number of benzene rings is 4. The molecular weight excluding hydrogens is 997 g/mol. The molecule has 1 aliphatic carbocycles. The Morgan fingerprint density at radius 1 is 0.533 bits per heavy atom. The molecular formula is C50H52N2O23. The number of hydrogen-bond acceptors (Lipinski definition) is 25. The smallest absolute Gasteiger partial charge is 0.328 e. The van der Waals surface area contributed by atoms with Crippen LogP contribution in [0.3, 0.4) is 0 Å². The van der Waals surface area contributed by atoms with E-state index in [0.29, 0.717) is 22.1 Å². The second-order valence-corrected chi connectivity index (χ2v) is 15.5. The first kappa shape index (κ1) is 56.9. The summed E-state index contributed by atoms with van der Waals surface area (Å²) >= 11 is 0. The first-order valence-corrected chi connectivity index (χ1v) is 22.4. The maximum absolute atomic E-state index is 13.2. The van der Waals surface area contributed by atoms with Crippen molar-refractivity contribution in [1.82, 2.24) is 0 Å². The lowest BCUT2D eigenvalue weighted by molar-refractivity contribution is -0.178. The van der Waals surface area contributed by atoms with Crippen LogP contribution in [-0.4, -0.2) is 133 Å². The Balaban J connectivity index is 1.54. The van der Waals surface area contributed by atoms with Crippen LogP contribution in [0.5, 0.6) is 17.2 Å². The van der Waals surface area contributed by atoms with Crippen LogP contribution in [0.1, 0.15) is 34.6 Å². The summed E-state index contributed by atoms with van der Waals surface area (Å²) in [6.45, 7) is -0.290. The zero-order valence-electron chi connectivity index (χ0n) is 41.2. The number of hydrogen-bond donors (Lipinski definition) is 1. The number of esters is 8. The molecule has 5 rings (SSSR count). The van der Waals surface area contributed by atoms with Crippen LogP contribution in [0.4, 0.5) is 11.4 Å². The number of carbonyl (C=O) groups is 8. The van der Waals surface area contributed by atoms with E-state index in [1.165, 1.54) is 60.0 Å². The molecule has 75 heavy (non-hydrogen) atoms. The molecule has 25 heteroatoms. The van der Waals surface area contributed by atoms with Gasteiger partial charge in [-0.05, 0) is 61.0 Å². The first-order valence-electron chi connectivity index (χ1n) is 22.4. The normalized spacial score (nSPS) is 11.1. The number of nitrogens with zero attached hydrogens (tertiary/aromatic N) is 2. The van der Waals surface area contributed by atoms with Crippen molar-refractivity contribution in [2.75, 3.05) is 83.2 Å². The van der Waals surface area contributed by atoms with Crippen molar-refractivity contribution in [3.05, 3.63) is 89.1 Å². The van der Waals surface area contributed by atoms with E-state index in [9.17, 15) is 48.3 Å². The topological polar surface area (TPSA) is 304 Å². The molecule has 25 nitrogen and oxygen atoms in total. The van der Waals surface area contributed by atoms with Gasteiger partial charge in [0, 0.05) is 56.3 Å². The minimum Gasteiger partial charge on any atom is -0.488 e. The minimum absolute atomic E-state index is 0.0214. The van der Waals surface area contributed by atoms with E-state index in [-0.39, 0.29) is 58.6 Å². The first-order chi connectivity index (χ1) is 35.9. The Kier molecular flexibility index (Phi) is 21.5. The highest BCUT2D eigenvalue weighted by Crippen LogP contribution is 2.43. The number of ether oxygens (including phenoxy) is 12. The van der Waals surface area contributed by atoms with E-state index >= 15 is 0 Å². The Bertz CT molecular complexity index is 2830. The zero-order chi connectivity index (χ0) is 54.4. The minimum atomic E-state index is -1.24. The van der Waals surface area contributed by atoms with Gasteiger partial charge in [-0.15, -0.1) is 0 Å². The van der Waals surface area contributed by atoms with E-state index in [2.05, 4.69) is 0 Å². The average molecular weight is 1050 g/mol. The number of aliphatic hydroxyl groups excluding tert-OH is 1. The van der Waals surface area contributed by atoms with Gasteiger partial charge in [-0.25, -0.2) is 0 Å². The molecule has 3 aromatic rings. The third-order valence-corrected chi connectivity index (χ3v) is 9.80. The van der Waals surface area contributed by atoms with Crippen molar-refractivity contribution in [2.24, 2.45) is 0 Å². The molecule has 1 atom stereocenters. The van der Waals surface area contributed by atoms with Gasteiger partial charge < -0.3 is 76.2 Å². The maximum atomic E-state index is 13.2. The molecule has 1 unspecified atom stereocenters. The van der Waals surface area contributed by atoms with Crippen molar-refractivity contribution in [2.45, 2.75) is 40.9 Å². The van der Waals surface area contributed by atoms with Crippen molar-refractivity contribution in [1.29, 1.82) is 0 Å². The number of para-hydroxylation sites is 2. The highest BCUT2D eigenvalue weighted by molar-refractivity contribution is 6.02. The van der Waals surface area contributed by atoms with Gasteiger partial charge in [0.15, 0.2) is 18.5 Å². The molecule has 0 amide bonds. The summed E-state index contributed by atoms with van der Waals surface area (Å²) in [7, 11) is 0. The second kappa shape index (κ2) is 28.3. The average Bonchev–Trinajstić information content (AvgIpc) is 3.33. The van der Waals surface area contributed by atoms with Crippen LogP contribution in [0.15, 0.2) is 88.1 Å². The van der Waals surface area contributed by atoms with Crippen LogP contribution in [-0.2, 0) is 81.0 Å². The van der Waals surface area contributed by atoms with Gasteiger partial charge in [0.05, 0.1) is 11.4 Å². The molecule has 0 aromatic heterocycles. The number of rotatable bonds is 28. The molecule has 0 radical (unpaired) electrons. The lowest BCUT2D eigenvalue weighted by Gasteiger charge is -2.26. The predicted molar refractivity (Wildman–Crippen MR) is 256 cm³/mol. The summed E-state index contributed by atoms with van der Waals surface area (Å²) in [5.41, 5.74) is 1.64. The number of fused-ring (bicyclic) bond motifs is 2. The van der Waals surface area contributed by atoms with E-state index in [1.807, 2.05) is 0 Å². The molecule has 400 valence electrons. The van der Waals surface area contributed by atoms with Crippen LogP contribution in [0, 0.1) is 0 Å². The van der Waals surface area contributed by atoms with E-state index in [4.69, 9.17) is 61.3 Å². The van der Waals surface area contributed by atoms with Crippen LogP contribution in [0.25, 0.3) is 33.4 Å². The van der Waals surface area contributed by atoms with Gasteiger partial charge in [-0.2, -0.15) is 0 Å². The Morgan fingerprint density at radius 3 is 1.59 bits per heavy atom. The molecule has 0 bridgehead atoms. The highest BCUT2D eigenvalue weighted by atomic mass is 16.7. The lowest BCUT2D eigenvalue weighted by atomic mass is 9.93. The fraction of sp³-hybridized carbons (Fsp3) is 0.340. The zero-order valence-corrected chi connectivity index (χ0v) is 41.2. The number of carbonyl (C=O) groups excluding carboxylic acids is 8. The Morgan fingerprint density at radius 2 is 1.04 bits per heavy atom. The van der Waals surface area contributed by atoms with Gasteiger partial charge in [0.2, 0.25) is 27.2 Å². The maximum Gasteiger partial charge on any atom is 0.328 e. The molecule has 1 aliphatic heterocycles. The molecule has 1 N–H and O–H groups in total. The summed E-state index contributed by atoms with van der Waals surface area (Å²) in [6.07, 6.45) is -1.24. The van der Waals surface area contributed by atoms with Gasteiger partial charge in [-0.1, -0.05) is 18.2 Å². The van der Waals surface area contributed by atoms with Gasteiger partial charge in [-0.3, -0.25) is 43.2 Å². The lowest BCUT2D eigenvalue weighted by Crippen LogP contribution is -2.37. The summed E-state index contributed by atoms with van der Waals surface area (Å²) in [5, 5.41) is 9.94. The summed E-state index contributed by atoms with van der Waals surface area (Å²) < 4.78 is 68.6. The molecule has 0 saturated heterocycles. The molecule has 3 aromatic carbocycles. The fourth-order valence-corrected chi connectivity index (χ4v) is 6.61. The quantitative estimate of drug-likeness (QED) is 0.0246. The molecule has 1 heterocycles. The Labute approximate surface area is 426 Å². The van der Waals surface area contributed by atoms with Gasteiger partial charge in [0.25, 0.3) is 0 Å². The third-order valence-electron chi connectivity index (χ3n) is 9.80. The monoisotopic (exact) mass is 1050 g/mol. The number of aliphatic hydroxyl groups is 1. The molecule has 0 fully saturated rings. The number of anilines is 2. The van der Waals surface area contributed by atoms with Crippen molar-refractivity contribution in [3.63, 3.8) is 0 Å². The van der Waals surface area contributed by atoms with Crippen molar-refractivity contribution >= 4 is 70.1 Å². The predicted octanol–water partition coefficient (Wildman–Crippen LogP) is 3.58. The SMILES string of the molecule is CC(=O)OCOC(=O)CN(CC(=O)OCOC(C)=O)c1ccc(-c2c3ccc(=O)cc-3oc3cc(OCOC(C)=O)ccc23)cc1OCCOc1ccccc1N(CC(=O)OCOC(C)=O)CC(=O)OCOC(C)O. The van der Waals surface area contributed by atoms with Crippen molar-refractivity contribution < 1.29 is 105 Å². The second-order valence-electron chi connectivity index (χ2n) is 15.5. The molecule has 2 aliphatic rings. The van der Waals surface area contributed by atoms with Gasteiger partial charge in [0.1, 0.15) is 68.0 Å². The van der Waals surface area contributed by atoms with E-state index in [1.54, 1.807) is 42.5 Å². The van der Waals surface area contributed by atoms with Crippen molar-refractivity contribution in [3.8, 4) is 39.7 Å². The van der Waals surface area contributed by atoms with Crippen LogP contribution >= 0.6 is 0 Å².